The van der Waals surface area contributed by atoms with Gasteiger partial charge in [0.25, 0.3) is 0 Å². The molecule has 0 amide bonds. The van der Waals surface area contributed by atoms with Crippen LogP contribution in [-0.4, -0.2) is 15.5 Å². The first-order valence-electron chi connectivity index (χ1n) is 3.25. The van der Waals surface area contributed by atoms with Crippen molar-refractivity contribution in [2.24, 2.45) is 5.10 Å². The number of hydrogen-bond donors (Lipinski definition) is 2. The zero-order chi connectivity index (χ0) is 7.84. The minimum absolute atomic E-state index is 0.205. The molecule has 0 radical (unpaired) electrons. The van der Waals surface area contributed by atoms with E-state index in [1.165, 1.54) is 0 Å². The fourth-order valence-corrected chi connectivity index (χ4v) is 1.73. The van der Waals surface area contributed by atoms with Crippen LogP contribution < -0.4 is 5.43 Å². The third-order valence-corrected chi connectivity index (χ3v) is 2.52. The van der Waals surface area contributed by atoms with E-state index in [0.29, 0.717) is 5.71 Å². The quantitative estimate of drug-likeness (QED) is 0.631. The van der Waals surface area contributed by atoms with E-state index in [1.807, 2.05) is 12.2 Å². The first-order chi connectivity index (χ1) is 5.27. The predicted octanol–water partition coefficient (Wildman–Crippen LogP) is 1.22. The average molecular weight is 259 g/mol. The smallest absolute Gasteiger partial charge is 0.126 e. The second kappa shape index (κ2) is 2.44. The number of nitrogens with zero attached hydrogens (tertiary/aromatic N) is 1. The molecule has 0 spiro atoms. The van der Waals surface area contributed by atoms with Crippen molar-refractivity contribution >= 4 is 32.0 Å². The monoisotopic (exact) mass is 259 g/mol. The van der Waals surface area contributed by atoms with Crippen LogP contribution in [0.4, 0.5) is 0 Å². The lowest BCUT2D eigenvalue weighted by molar-refractivity contribution is 0.745. The molecule has 0 aromatic carbocycles. The molecule has 0 aromatic rings. The number of allylic oxidation sites excluding steroid dienone is 2. The highest BCUT2D eigenvalue weighted by Gasteiger charge is 2.22. The summed E-state index contributed by atoms with van der Waals surface area (Å²) in [6.45, 7) is 0. The van der Waals surface area contributed by atoms with Gasteiger partial charge in [-0.3, -0.25) is 5.43 Å². The molecular weight excluding hydrogens is 253 g/mol. The van der Waals surface area contributed by atoms with Crippen molar-refractivity contribution in [3.63, 3.8) is 0 Å². The lowest BCUT2D eigenvalue weighted by Gasteiger charge is -2.10. The maximum atomic E-state index is 7.38. The number of fused-ring (bicyclic) bond motifs is 1. The van der Waals surface area contributed by atoms with Gasteiger partial charge in [-0.25, -0.2) is 0 Å². The van der Waals surface area contributed by atoms with Crippen molar-refractivity contribution in [1.82, 2.24) is 5.43 Å². The van der Waals surface area contributed by atoms with Gasteiger partial charge in [0.1, 0.15) is 3.72 Å². The van der Waals surface area contributed by atoms with Crippen LogP contribution in [0.25, 0.3) is 0 Å². The Hall–Kier alpha value is -0.650. The van der Waals surface area contributed by atoms with E-state index in [2.05, 4.69) is 33.1 Å². The SMILES string of the molecule is N=C1C=C[C@@H]2NN=C(I)C2=C1. The van der Waals surface area contributed by atoms with E-state index in [0.717, 1.165) is 9.29 Å². The molecule has 0 saturated heterocycles. The number of hydrazone groups is 1. The highest BCUT2D eigenvalue weighted by atomic mass is 127. The summed E-state index contributed by atoms with van der Waals surface area (Å²) in [5.74, 6) is 0. The van der Waals surface area contributed by atoms with Gasteiger partial charge in [-0.05, 0) is 34.7 Å². The van der Waals surface area contributed by atoms with Gasteiger partial charge in [-0.2, -0.15) is 5.10 Å². The van der Waals surface area contributed by atoms with Crippen molar-refractivity contribution in [3.05, 3.63) is 23.8 Å². The Balaban J connectivity index is 2.39. The molecule has 1 heterocycles. The highest BCUT2D eigenvalue weighted by molar-refractivity contribution is 14.1. The Labute approximate surface area is 77.9 Å². The number of rotatable bonds is 0. The van der Waals surface area contributed by atoms with Gasteiger partial charge in [0, 0.05) is 5.57 Å². The van der Waals surface area contributed by atoms with Gasteiger partial charge in [0.15, 0.2) is 0 Å². The Kier molecular flexibility index (Phi) is 1.56. The van der Waals surface area contributed by atoms with Crippen LogP contribution in [0, 0.1) is 5.41 Å². The molecule has 1 aliphatic carbocycles. The molecule has 11 heavy (non-hydrogen) atoms. The fraction of sp³-hybridized carbons (Fsp3) is 0.143. The lowest BCUT2D eigenvalue weighted by Crippen LogP contribution is -2.21. The summed E-state index contributed by atoms with van der Waals surface area (Å²) in [5, 5.41) is 11.4. The van der Waals surface area contributed by atoms with E-state index in [4.69, 9.17) is 5.41 Å². The number of halogens is 1. The predicted molar refractivity (Wildman–Crippen MR) is 53.3 cm³/mol. The fourth-order valence-electron chi connectivity index (χ4n) is 1.10. The summed E-state index contributed by atoms with van der Waals surface area (Å²) in [4.78, 5) is 0. The second-order valence-electron chi connectivity index (χ2n) is 2.42. The van der Waals surface area contributed by atoms with Gasteiger partial charge in [-0.1, -0.05) is 6.08 Å². The molecule has 0 fully saturated rings. The van der Waals surface area contributed by atoms with Crippen molar-refractivity contribution in [1.29, 1.82) is 5.41 Å². The molecule has 3 nitrogen and oxygen atoms in total. The zero-order valence-electron chi connectivity index (χ0n) is 5.63. The van der Waals surface area contributed by atoms with Crippen LogP contribution in [0.1, 0.15) is 0 Å². The van der Waals surface area contributed by atoms with Crippen LogP contribution in [0.2, 0.25) is 0 Å². The van der Waals surface area contributed by atoms with Crippen molar-refractivity contribution in [3.8, 4) is 0 Å². The molecule has 0 aromatic heterocycles. The molecule has 1 atom stereocenters. The number of nitrogens with one attached hydrogen (secondary N) is 2. The average Bonchev–Trinajstić information content (AvgIpc) is 2.33. The van der Waals surface area contributed by atoms with Crippen molar-refractivity contribution < 1.29 is 0 Å². The molecule has 2 aliphatic rings. The van der Waals surface area contributed by atoms with Gasteiger partial charge in [0.2, 0.25) is 0 Å². The standard InChI is InChI=1S/C7H6IN3/c8-7-5-3-4(9)1-2-6(5)10-11-7/h1-3,6,9-10H/t6-/m0/s1. The first kappa shape index (κ1) is 7.02. The lowest BCUT2D eigenvalue weighted by atomic mass is 10.0. The van der Waals surface area contributed by atoms with Crippen LogP contribution in [0.15, 0.2) is 28.9 Å². The van der Waals surface area contributed by atoms with E-state index in [1.54, 1.807) is 6.08 Å². The van der Waals surface area contributed by atoms with E-state index >= 15 is 0 Å². The molecule has 0 saturated carbocycles. The van der Waals surface area contributed by atoms with Gasteiger partial charge in [-0.15, -0.1) is 0 Å². The molecule has 1 aliphatic heterocycles. The Morgan fingerprint density at radius 1 is 1.64 bits per heavy atom. The Bertz CT molecular complexity index is 301. The molecule has 0 unspecified atom stereocenters. The molecular formula is C7H6IN3. The second-order valence-corrected chi connectivity index (χ2v) is 3.45. The van der Waals surface area contributed by atoms with Crippen molar-refractivity contribution in [2.75, 3.05) is 0 Å². The summed E-state index contributed by atoms with van der Waals surface area (Å²) in [6, 6.07) is 0.205. The summed E-state index contributed by atoms with van der Waals surface area (Å²) < 4.78 is 0.960. The van der Waals surface area contributed by atoms with E-state index in [9.17, 15) is 0 Å². The molecule has 2 N–H and O–H groups in total. The third kappa shape index (κ3) is 1.11. The first-order valence-corrected chi connectivity index (χ1v) is 4.32. The largest absolute Gasteiger partial charge is 0.301 e. The topological polar surface area (TPSA) is 48.2 Å². The summed E-state index contributed by atoms with van der Waals surface area (Å²) >= 11 is 2.17. The maximum Gasteiger partial charge on any atom is 0.126 e. The van der Waals surface area contributed by atoms with Gasteiger partial charge in [0.05, 0.1) is 11.8 Å². The molecule has 56 valence electrons. The van der Waals surface area contributed by atoms with Crippen LogP contribution in [0.5, 0.6) is 0 Å². The summed E-state index contributed by atoms with van der Waals surface area (Å²) in [6.07, 6.45) is 5.58. The van der Waals surface area contributed by atoms with Crippen LogP contribution in [0.3, 0.4) is 0 Å². The van der Waals surface area contributed by atoms with Gasteiger partial charge >= 0.3 is 0 Å². The van der Waals surface area contributed by atoms with E-state index < -0.39 is 0 Å². The normalized spacial score (nSPS) is 27.4. The summed E-state index contributed by atoms with van der Waals surface area (Å²) in [5.41, 5.74) is 4.61. The molecule has 4 heteroatoms. The van der Waals surface area contributed by atoms with Crippen LogP contribution in [-0.2, 0) is 0 Å². The van der Waals surface area contributed by atoms with Crippen molar-refractivity contribution in [2.45, 2.75) is 6.04 Å². The molecule has 0 bridgehead atoms. The Morgan fingerprint density at radius 2 is 2.45 bits per heavy atom. The zero-order valence-corrected chi connectivity index (χ0v) is 7.79. The highest BCUT2D eigenvalue weighted by Crippen LogP contribution is 2.20. The third-order valence-electron chi connectivity index (χ3n) is 1.65. The van der Waals surface area contributed by atoms with Crippen LogP contribution >= 0.6 is 22.6 Å². The summed E-state index contributed by atoms with van der Waals surface area (Å²) in [7, 11) is 0. The number of hydrogen-bond acceptors (Lipinski definition) is 3. The minimum atomic E-state index is 0.205. The molecule has 2 rings (SSSR count). The minimum Gasteiger partial charge on any atom is -0.301 e. The Morgan fingerprint density at radius 3 is 3.27 bits per heavy atom. The van der Waals surface area contributed by atoms with E-state index in [-0.39, 0.29) is 6.04 Å². The van der Waals surface area contributed by atoms with Gasteiger partial charge < -0.3 is 5.41 Å². The maximum absolute atomic E-state index is 7.38.